The average molecular weight is 470 g/mol. The molecule has 0 saturated carbocycles. The third-order valence-corrected chi connectivity index (χ3v) is 7.54. The summed E-state index contributed by atoms with van der Waals surface area (Å²) < 4.78 is 48.8. The number of amides is 1. The molecule has 32 heavy (non-hydrogen) atoms. The highest BCUT2D eigenvalue weighted by atomic mass is 32.2. The first-order valence-corrected chi connectivity index (χ1v) is 12.6. The van der Waals surface area contributed by atoms with E-state index in [0.717, 1.165) is 0 Å². The van der Waals surface area contributed by atoms with Gasteiger partial charge in [0, 0.05) is 13.0 Å². The van der Waals surface area contributed by atoms with Crippen molar-refractivity contribution >= 4 is 15.9 Å². The Bertz CT molecular complexity index is 895. The zero-order valence-corrected chi connectivity index (χ0v) is 20.6. The second-order valence-corrected chi connectivity index (χ2v) is 12.0. The zero-order valence-electron chi connectivity index (χ0n) is 19.7. The molecule has 3 rings (SSSR count). The molecule has 4 atom stereocenters. The normalized spacial score (nSPS) is 28.1. The minimum absolute atomic E-state index is 0.0460. The summed E-state index contributed by atoms with van der Waals surface area (Å²) in [6.07, 6.45) is -0.998. The highest BCUT2D eigenvalue weighted by Gasteiger charge is 2.47. The predicted molar refractivity (Wildman–Crippen MR) is 119 cm³/mol. The molecule has 2 saturated heterocycles. The lowest BCUT2D eigenvalue weighted by Gasteiger charge is -2.31. The van der Waals surface area contributed by atoms with Crippen LogP contribution in [0.3, 0.4) is 0 Å². The van der Waals surface area contributed by atoms with Crippen molar-refractivity contribution in [2.75, 3.05) is 26.0 Å². The van der Waals surface area contributed by atoms with Gasteiger partial charge in [0.05, 0.1) is 42.1 Å². The summed E-state index contributed by atoms with van der Waals surface area (Å²) in [7, 11) is -1.93. The number of methoxy groups -OCH3 is 1. The second-order valence-electron chi connectivity index (χ2n) is 9.94. The van der Waals surface area contributed by atoms with Crippen LogP contribution >= 0.6 is 0 Å². The Kier molecular flexibility index (Phi) is 7.24. The fraction of sp³-hybridized carbons (Fsp3) is 0.696. The van der Waals surface area contributed by atoms with Crippen molar-refractivity contribution in [1.29, 1.82) is 0 Å². The molecule has 0 aliphatic carbocycles. The summed E-state index contributed by atoms with van der Waals surface area (Å²) in [5.74, 6) is -0.192. The number of benzene rings is 1. The monoisotopic (exact) mass is 469 g/mol. The van der Waals surface area contributed by atoms with Crippen LogP contribution < -0.4 is 0 Å². The molecule has 0 spiro atoms. The summed E-state index contributed by atoms with van der Waals surface area (Å²) >= 11 is 0. The van der Waals surface area contributed by atoms with Crippen LogP contribution in [0.4, 0.5) is 4.79 Å². The number of carbonyl (C=O) groups excluding carboxylic acids is 1. The SMILES string of the molecule is CO[C@H]1[C@@H](C[C@H]2CN(C(=O)OC(C)(C)C)C(C)(C)O2)CO[C@@H]1CS(=O)(=O)c1ccccc1. The molecule has 2 aliphatic heterocycles. The Labute approximate surface area is 191 Å². The van der Waals surface area contributed by atoms with Gasteiger partial charge in [0.25, 0.3) is 0 Å². The van der Waals surface area contributed by atoms with Crippen LogP contribution in [0.2, 0.25) is 0 Å². The van der Waals surface area contributed by atoms with Gasteiger partial charge < -0.3 is 18.9 Å². The van der Waals surface area contributed by atoms with Crippen LogP contribution in [0.1, 0.15) is 41.0 Å². The fourth-order valence-corrected chi connectivity index (χ4v) is 5.86. The van der Waals surface area contributed by atoms with Gasteiger partial charge in [-0.1, -0.05) is 18.2 Å². The van der Waals surface area contributed by atoms with Crippen molar-refractivity contribution in [3.63, 3.8) is 0 Å². The van der Waals surface area contributed by atoms with Crippen LogP contribution in [0.25, 0.3) is 0 Å². The number of hydrogen-bond donors (Lipinski definition) is 0. The zero-order chi connectivity index (χ0) is 23.7. The third-order valence-electron chi connectivity index (χ3n) is 5.78. The minimum Gasteiger partial charge on any atom is -0.444 e. The van der Waals surface area contributed by atoms with Gasteiger partial charge >= 0.3 is 6.09 Å². The molecular weight excluding hydrogens is 434 g/mol. The highest BCUT2D eigenvalue weighted by Crippen LogP contribution is 2.35. The van der Waals surface area contributed by atoms with Crippen molar-refractivity contribution in [1.82, 2.24) is 4.90 Å². The van der Waals surface area contributed by atoms with E-state index in [1.54, 1.807) is 42.3 Å². The lowest BCUT2D eigenvalue weighted by Crippen LogP contribution is -2.46. The molecular formula is C23H35NO7S. The molecule has 0 unspecified atom stereocenters. The van der Waals surface area contributed by atoms with E-state index in [1.165, 1.54) is 0 Å². The number of hydrogen-bond acceptors (Lipinski definition) is 7. The molecule has 1 aromatic carbocycles. The number of carbonyl (C=O) groups is 1. The standard InChI is InChI=1S/C23H35NO7S/c1-22(2,3)31-21(25)24-13-17(30-23(24,4)5)12-16-14-29-19(20(16)28-6)15-32(26,27)18-10-8-7-9-11-18/h7-11,16-17,19-20H,12-15H2,1-6H3/t16-,17-,19+,20-/m0/s1. The molecule has 2 heterocycles. The summed E-state index contributed by atoms with van der Waals surface area (Å²) in [5.41, 5.74) is -1.39. The number of nitrogens with zero attached hydrogens (tertiary/aromatic N) is 1. The van der Waals surface area contributed by atoms with E-state index < -0.39 is 33.4 Å². The Morgan fingerprint density at radius 3 is 2.47 bits per heavy atom. The average Bonchev–Trinajstić information content (AvgIpc) is 3.19. The molecule has 0 aromatic heterocycles. The molecule has 0 radical (unpaired) electrons. The fourth-order valence-electron chi connectivity index (χ4n) is 4.37. The third kappa shape index (κ3) is 5.81. The molecule has 180 valence electrons. The Morgan fingerprint density at radius 2 is 1.88 bits per heavy atom. The number of rotatable bonds is 6. The first kappa shape index (κ1) is 25.0. The van der Waals surface area contributed by atoms with Crippen molar-refractivity contribution in [2.45, 2.75) is 75.6 Å². The summed E-state index contributed by atoms with van der Waals surface area (Å²) in [4.78, 5) is 14.5. The molecule has 0 N–H and O–H groups in total. The van der Waals surface area contributed by atoms with E-state index in [-0.39, 0.29) is 28.8 Å². The van der Waals surface area contributed by atoms with Crippen LogP contribution in [0.15, 0.2) is 35.2 Å². The van der Waals surface area contributed by atoms with E-state index >= 15 is 0 Å². The largest absolute Gasteiger partial charge is 0.444 e. The maximum absolute atomic E-state index is 12.8. The van der Waals surface area contributed by atoms with E-state index in [9.17, 15) is 13.2 Å². The Morgan fingerprint density at radius 1 is 1.22 bits per heavy atom. The van der Waals surface area contributed by atoms with E-state index in [1.807, 2.05) is 34.6 Å². The van der Waals surface area contributed by atoms with Gasteiger partial charge in [-0.3, -0.25) is 4.90 Å². The lowest BCUT2D eigenvalue weighted by atomic mass is 9.95. The van der Waals surface area contributed by atoms with E-state index in [2.05, 4.69) is 0 Å². The maximum Gasteiger partial charge on any atom is 0.412 e. The Balaban J connectivity index is 1.64. The molecule has 2 fully saturated rings. The van der Waals surface area contributed by atoms with Crippen molar-refractivity contribution in [2.24, 2.45) is 5.92 Å². The lowest BCUT2D eigenvalue weighted by molar-refractivity contribution is -0.0842. The summed E-state index contributed by atoms with van der Waals surface area (Å²) in [6, 6.07) is 8.36. The minimum atomic E-state index is -3.50. The van der Waals surface area contributed by atoms with Gasteiger partial charge in [-0.2, -0.15) is 0 Å². The van der Waals surface area contributed by atoms with Gasteiger partial charge in [0.1, 0.15) is 11.3 Å². The molecule has 0 bridgehead atoms. The van der Waals surface area contributed by atoms with Gasteiger partial charge in [-0.25, -0.2) is 13.2 Å². The van der Waals surface area contributed by atoms with Crippen LogP contribution in [0, 0.1) is 5.92 Å². The quantitative estimate of drug-likeness (QED) is 0.631. The van der Waals surface area contributed by atoms with Crippen molar-refractivity contribution < 1.29 is 32.2 Å². The van der Waals surface area contributed by atoms with E-state index in [0.29, 0.717) is 19.6 Å². The maximum atomic E-state index is 12.8. The molecule has 9 heteroatoms. The van der Waals surface area contributed by atoms with Crippen molar-refractivity contribution in [3.05, 3.63) is 30.3 Å². The summed E-state index contributed by atoms with van der Waals surface area (Å²) in [5, 5.41) is 0. The summed E-state index contributed by atoms with van der Waals surface area (Å²) in [6.45, 7) is 9.93. The van der Waals surface area contributed by atoms with Crippen LogP contribution in [-0.2, 0) is 28.8 Å². The first-order valence-electron chi connectivity index (χ1n) is 10.9. The predicted octanol–water partition coefficient (Wildman–Crippen LogP) is 3.25. The number of ether oxygens (including phenoxy) is 4. The van der Waals surface area contributed by atoms with Crippen LogP contribution in [0.5, 0.6) is 0 Å². The molecule has 8 nitrogen and oxygen atoms in total. The first-order chi connectivity index (χ1) is 14.8. The van der Waals surface area contributed by atoms with Crippen molar-refractivity contribution in [3.8, 4) is 0 Å². The number of sulfone groups is 1. The topological polar surface area (TPSA) is 91.4 Å². The Hall–Kier alpha value is -1.68. The smallest absolute Gasteiger partial charge is 0.412 e. The van der Waals surface area contributed by atoms with E-state index in [4.69, 9.17) is 18.9 Å². The van der Waals surface area contributed by atoms with Crippen LogP contribution in [-0.4, -0.2) is 75.1 Å². The van der Waals surface area contributed by atoms with Gasteiger partial charge in [0.2, 0.25) is 0 Å². The molecule has 1 aromatic rings. The second kappa shape index (κ2) is 9.29. The van der Waals surface area contributed by atoms with Gasteiger partial charge in [0.15, 0.2) is 9.84 Å². The molecule has 2 aliphatic rings. The van der Waals surface area contributed by atoms with Gasteiger partial charge in [-0.15, -0.1) is 0 Å². The van der Waals surface area contributed by atoms with Gasteiger partial charge in [-0.05, 0) is 53.2 Å². The highest BCUT2D eigenvalue weighted by molar-refractivity contribution is 7.91. The molecule has 1 amide bonds.